The average Bonchev–Trinajstić information content (AvgIpc) is 2.47. The highest BCUT2D eigenvalue weighted by Gasteiger charge is 2.08. The fourth-order valence-corrected chi connectivity index (χ4v) is 2.41. The zero-order valence-corrected chi connectivity index (χ0v) is 10.3. The SMILES string of the molecule is Cc1nc(CN(CCN)CCN)sc1C. The van der Waals surface area contributed by atoms with Gasteiger partial charge in [-0.3, -0.25) is 4.90 Å². The van der Waals surface area contributed by atoms with Crippen molar-refractivity contribution in [2.24, 2.45) is 11.5 Å². The van der Waals surface area contributed by atoms with Crippen molar-refractivity contribution in [1.82, 2.24) is 9.88 Å². The summed E-state index contributed by atoms with van der Waals surface area (Å²) in [7, 11) is 0. The summed E-state index contributed by atoms with van der Waals surface area (Å²) in [6.45, 7) is 8.13. The molecule has 4 nitrogen and oxygen atoms in total. The van der Waals surface area contributed by atoms with Crippen LogP contribution in [0.1, 0.15) is 15.6 Å². The number of hydrogen-bond donors (Lipinski definition) is 2. The van der Waals surface area contributed by atoms with Gasteiger partial charge in [0.25, 0.3) is 0 Å². The van der Waals surface area contributed by atoms with Crippen LogP contribution in [-0.4, -0.2) is 36.1 Å². The molecule has 0 unspecified atom stereocenters. The first-order chi connectivity index (χ1) is 7.17. The molecule has 0 saturated carbocycles. The lowest BCUT2D eigenvalue weighted by Gasteiger charge is -2.18. The topological polar surface area (TPSA) is 68.2 Å². The number of nitrogens with two attached hydrogens (primary N) is 2. The molecule has 86 valence electrons. The van der Waals surface area contributed by atoms with E-state index in [4.69, 9.17) is 11.5 Å². The van der Waals surface area contributed by atoms with E-state index in [1.54, 1.807) is 11.3 Å². The van der Waals surface area contributed by atoms with E-state index >= 15 is 0 Å². The van der Waals surface area contributed by atoms with E-state index in [1.807, 2.05) is 6.92 Å². The van der Waals surface area contributed by atoms with Crippen LogP contribution in [0.15, 0.2) is 0 Å². The van der Waals surface area contributed by atoms with Crippen LogP contribution >= 0.6 is 11.3 Å². The molecule has 0 aliphatic heterocycles. The molecule has 0 saturated heterocycles. The second kappa shape index (κ2) is 6.17. The fraction of sp³-hybridized carbons (Fsp3) is 0.700. The number of aromatic nitrogens is 1. The predicted octanol–water partition coefficient (Wildman–Crippen LogP) is 0.479. The molecule has 0 atom stereocenters. The van der Waals surface area contributed by atoms with Crippen molar-refractivity contribution >= 4 is 11.3 Å². The molecule has 0 aliphatic rings. The van der Waals surface area contributed by atoms with E-state index in [2.05, 4.69) is 16.8 Å². The van der Waals surface area contributed by atoms with E-state index < -0.39 is 0 Å². The number of thiazole rings is 1. The molecule has 0 aromatic carbocycles. The highest BCUT2D eigenvalue weighted by Crippen LogP contribution is 2.17. The molecule has 5 heteroatoms. The molecule has 0 fully saturated rings. The Balaban J connectivity index is 2.56. The summed E-state index contributed by atoms with van der Waals surface area (Å²) in [4.78, 5) is 8.05. The first-order valence-corrected chi connectivity index (χ1v) is 6.04. The van der Waals surface area contributed by atoms with Crippen molar-refractivity contribution in [2.75, 3.05) is 26.2 Å². The van der Waals surface area contributed by atoms with Crippen LogP contribution < -0.4 is 11.5 Å². The third-order valence-corrected chi connectivity index (χ3v) is 3.38. The van der Waals surface area contributed by atoms with Crippen LogP contribution in [0, 0.1) is 13.8 Å². The standard InChI is InChI=1S/C10H20N4S/c1-8-9(2)15-10(13-8)7-14(5-3-11)6-4-12/h3-7,11-12H2,1-2H3. The van der Waals surface area contributed by atoms with Crippen LogP contribution in [0.3, 0.4) is 0 Å². The Labute approximate surface area is 95.3 Å². The van der Waals surface area contributed by atoms with Crippen molar-refractivity contribution < 1.29 is 0 Å². The monoisotopic (exact) mass is 228 g/mol. The highest BCUT2D eigenvalue weighted by atomic mass is 32.1. The molecule has 0 amide bonds. The summed E-state index contributed by atoms with van der Waals surface area (Å²) in [5.74, 6) is 0. The first-order valence-electron chi connectivity index (χ1n) is 5.22. The van der Waals surface area contributed by atoms with Crippen molar-refractivity contribution in [3.05, 3.63) is 15.6 Å². The molecular weight excluding hydrogens is 208 g/mol. The Bertz CT molecular complexity index is 272. The maximum Gasteiger partial charge on any atom is 0.107 e. The van der Waals surface area contributed by atoms with Gasteiger partial charge in [-0.1, -0.05) is 0 Å². The van der Waals surface area contributed by atoms with Gasteiger partial charge < -0.3 is 11.5 Å². The van der Waals surface area contributed by atoms with Gasteiger partial charge in [0.15, 0.2) is 0 Å². The smallest absolute Gasteiger partial charge is 0.107 e. The minimum absolute atomic E-state index is 0.670. The van der Waals surface area contributed by atoms with Crippen LogP contribution in [0.5, 0.6) is 0 Å². The van der Waals surface area contributed by atoms with Gasteiger partial charge in [-0.15, -0.1) is 11.3 Å². The van der Waals surface area contributed by atoms with Gasteiger partial charge in [-0.2, -0.15) is 0 Å². The van der Waals surface area contributed by atoms with Gasteiger partial charge in [-0.25, -0.2) is 4.98 Å². The van der Waals surface area contributed by atoms with Gasteiger partial charge >= 0.3 is 0 Å². The Morgan fingerprint density at radius 2 is 1.80 bits per heavy atom. The first kappa shape index (κ1) is 12.6. The Morgan fingerprint density at radius 1 is 1.20 bits per heavy atom. The fourth-order valence-electron chi connectivity index (χ4n) is 1.43. The van der Waals surface area contributed by atoms with Crippen molar-refractivity contribution in [3.63, 3.8) is 0 Å². The summed E-state index contributed by atoms with van der Waals surface area (Å²) in [5, 5.41) is 1.16. The lowest BCUT2D eigenvalue weighted by atomic mass is 10.4. The van der Waals surface area contributed by atoms with Crippen LogP contribution in [0.2, 0.25) is 0 Å². The summed E-state index contributed by atoms with van der Waals surface area (Å²) >= 11 is 1.76. The number of hydrogen-bond acceptors (Lipinski definition) is 5. The molecule has 0 bridgehead atoms. The van der Waals surface area contributed by atoms with Crippen LogP contribution in [0.4, 0.5) is 0 Å². The molecule has 0 spiro atoms. The van der Waals surface area contributed by atoms with Crippen molar-refractivity contribution in [3.8, 4) is 0 Å². The molecule has 0 aliphatic carbocycles. The quantitative estimate of drug-likeness (QED) is 0.743. The third-order valence-electron chi connectivity index (χ3n) is 2.32. The van der Waals surface area contributed by atoms with Crippen molar-refractivity contribution in [2.45, 2.75) is 20.4 Å². The maximum atomic E-state index is 5.55. The van der Waals surface area contributed by atoms with E-state index in [0.717, 1.165) is 30.3 Å². The zero-order valence-electron chi connectivity index (χ0n) is 9.49. The predicted molar refractivity (Wildman–Crippen MR) is 65.0 cm³/mol. The molecule has 1 rings (SSSR count). The Kier molecular flexibility index (Phi) is 5.17. The largest absolute Gasteiger partial charge is 0.329 e. The lowest BCUT2D eigenvalue weighted by molar-refractivity contribution is 0.280. The second-order valence-electron chi connectivity index (χ2n) is 3.60. The summed E-state index contributed by atoms with van der Waals surface area (Å²) < 4.78 is 0. The molecule has 0 radical (unpaired) electrons. The minimum Gasteiger partial charge on any atom is -0.329 e. The van der Waals surface area contributed by atoms with E-state index in [-0.39, 0.29) is 0 Å². The molecule has 1 heterocycles. The molecule has 1 aromatic heterocycles. The average molecular weight is 228 g/mol. The van der Waals surface area contributed by atoms with Crippen molar-refractivity contribution in [1.29, 1.82) is 0 Å². The highest BCUT2D eigenvalue weighted by molar-refractivity contribution is 7.11. The van der Waals surface area contributed by atoms with Gasteiger partial charge in [0.05, 0.1) is 12.2 Å². The van der Waals surface area contributed by atoms with Gasteiger partial charge in [0, 0.05) is 31.1 Å². The van der Waals surface area contributed by atoms with Crippen LogP contribution in [0.25, 0.3) is 0 Å². The number of aryl methyl sites for hydroxylation is 2. The summed E-state index contributed by atoms with van der Waals surface area (Å²) in [6.07, 6.45) is 0. The Hall–Kier alpha value is -0.490. The zero-order chi connectivity index (χ0) is 11.3. The second-order valence-corrected chi connectivity index (χ2v) is 4.89. The molecule has 1 aromatic rings. The lowest BCUT2D eigenvalue weighted by Crippen LogP contribution is -2.33. The van der Waals surface area contributed by atoms with Crippen LogP contribution in [-0.2, 0) is 6.54 Å². The van der Waals surface area contributed by atoms with E-state index in [1.165, 1.54) is 4.88 Å². The maximum absolute atomic E-state index is 5.55. The van der Waals surface area contributed by atoms with Gasteiger partial charge in [-0.05, 0) is 13.8 Å². The number of rotatable bonds is 6. The third kappa shape index (κ3) is 3.87. The molecule has 4 N–H and O–H groups in total. The van der Waals surface area contributed by atoms with E-state index in [0.29, 0.717) is 13.1 Å². The van der Waals surface area contributed by atoms with Gasteiger partial charge in [0.1, 0.15) is 5.01 Å². The normalized spacial score (nSPS) is 11.3. The Morgan fingerprint density at radius 3 is 2.20 bits per heavy atom. The summed E-state index contributed by atoms with van der Waals surface area (Å²) in [6, 6.07) is 0. The van der Waals surface area contributed by atoms with Gasteiger partial charge in [0.2, 0.25) is 0 Å². The molecule has 15 heavy (non-hydrogen) atoms. The van der Waals surface area contributed by atoms with E-state index in [9.17, 15) is 0 Å². The molecular formula is C10H20N4S. The number of nitrogens with zero attached hydrogens (tertiary/aromatic N) is 2. The summed E-state index contributed by atoms with van der Waals surface area (Å²) in [5.41, 5.74) is 12.2. The minimum atomic E-state index is 0.670.